The molecule has 2 atom stereocenters. The van der Waals surface area contributed by atoms with Crippen molar-refractivity contribution < 1.29 is 60.6 Å². The van der Waals surface area contributed by atoms with Gasteiger partial charge in [0, 0.05) is 49.4 Å². The molecule has 0 aromatic heterocycles. The summed E-state index contributed by atoms with van der Waals surface area (Å²) in [5.41, 5.74) is 10.0. The van der Waals surface area contributed by atoms with Gasteiger partial charge in [0.2, 0.25) is 0 Å². The molecule has 6 nitrogen and oxygen atoms in total. The van der Waals surface area contributed by atoms with Crippen LogP contribution in [0.3, 0.4) is 0 Å². The average Bonchev–Trinajstić information content (AvgIpc) is 3.12. The Balaban J connectivity index is 0.00000111. The molecule has 0 fully saturated rings. The van der Waals surface area contributed by atoms with Crippen LogP contribution >= 0.6 is 17.2 Å². The Morgan fingerprint density at radius 2 is 0.785 bits per heavy atom. The predicted molar refractivity (Wildman–Crippen MR) is 281 cm³/mol. The Morgan fingerprint density at radius 3 is 1.17 bits per heavy atom. The average molecular weight is 1010 g/mol. The van der Waals surface area contributed by atoms with Gasteiger partial charge in [-0.3, -0.25) is 0 Å². The fraction of sp³-hybridized carbons (Fsp3) is 0.536. The van der Waals surface area contributed by atoms with Crippen LogP contribution in [0.15, 0.2) is 78.4 Å². The molecule has 1 radical (unpaired) electrons. The molecule has 0 heterocycles. The topological polar surface area (TPSA) is 77.4 Å². The molecule has 4 aromatic rings. The number of hydrogen-bond acceptors (Lipinski definition) is 6. The minimum Gasteiger partial charge on any atom is -0.418 e. The summed E-state index contributed by atoms with van der Waals surface area (Å²) in [4.78, 5) is 21.2. The van der Waals surface area contributed by atoms with Crippen LogP contribution < -0.4 is 18.1 Å². The summed E-state index contributed by atoms with van der Waals surface area (Å²) in [7, 11) is -4.20. The van der Waals surface area contributed by atoms with E-state index in [0.717, 1.165) is 33.4 Å². The van der Waals surface area contributed by atoms with E-state index in [2.05, 4.69) is 175 Å². The minimum absolute atomic E-state index is 0. The molecule has 0 saturated carbocycles. The molecule has 0 saturated heterocycles. The van der Waals surface area contributed by atoms with Crippen molar-refractivity contribution in [2.75, 3.05) is 0 Å². The van der Waals surface area contributed by atoms with Crippen molar-refractivity contribution in [2.24, 2.45) is 0 Å². The van der Waals surface area contributed by atoms with Crippen LogP contribution in [0.5, 0.6) is 23.0 Å². The number of benzene rings is 4. The van der Waals surface area contributed by atoms with Gasteiger partial charge in [-0.25, -0.2) is 0 Å². The zero-order chi connectivity index (χ0) is 49.6. The van der Waals surface area contributed by atoms with Crippen LogP contribution in [-0.2, 0) is 59.8 Å². The third-order valence-electron chi connectivity index (χ3n) is 9.66. The maximum absolute atomic E-state index is 10.6. The summed E-state index contributed by atoms with van der Waals surface area (Å²) in [5, 5.41) is 0. The van der Waals surface area contributed by atoms with Crippen LogP contribution in [0.25, 0.3) is 6.08 Å². The molecule has 0 aliphatic heterocycles. The first kappa shape index (κ1) is 62.7. The van der Waals surface area contributed by atoms with Crippen molar-refractivity contribution in [2.45, 2.75) is 199 Å². The summed E-state index contributed by atoms with van der Waals surface area (Å²) in [6, 6.07) is 24.4. The minimum atomic E-state index is -2.11. The SMILES string of the molecule is CC(C)=Cc1cc(C(C)(C)C)ccc1OP(O)Oc1ccc(C)cc1C(C)(C)C.CCC.CCC.Cc1cc(C(C)(C)C)ccc1OP(O)Oc1ccc(C(C)(C)C)cc1C(C)(C)C.[Y]. The molecule has 4 rings (SSSR count). The molecule has 4 aromatic carbocycles. The second-order valence-corrected chi connectivity index (χ2v) is 23.9. The molecule has 361 valence electrons. The molecule has 0 aliphatic rings. The molecule has 9 heteroatoms. The van der Waals surface area contributed by atoms with E-state index in [1.54, 1.807) is 0 Å². The second kappa shape index (κ2) is 27.0. The summed E-state index contributed by atoms with van der Waals surface area (Å²) in [6.45, 7) is 49.2. The number of aryl methyl sites for hydroxylation is 2. The molecule has 65 heavy (non-hydrogen) atoms. The van der Waals surface area contributed by atoms with Gasteiger partial charge in [-0.05, 0) is 107 Å². The third-order valence-corrected chi connectivity index (χ3v) is 11.1. The number of rotatable bonds is 9. The van der Waals surface area contributed by atoms with Crippen molar-refractivity contribution in [3.8, 4) is 23.0 Å². The van der Waals surface area contributed by atoms with Crippen LogP contribution in [0, 0.1) is 13.8 Å². The molecule has 2 unspecified atom stereocenters. The van der Waals surface area contributed by atoms with E-state index in [1.807, 2.05) is 63.2 Å². The first-order chi connectivity index (χ1) is 29.2. The zero-order valence-corrected chi connectivity index (χ0v) is 49.5. The van der Waals surface area contributed by atoms with E-state index in [4.69, 9.17) is 18.1 Å². The Labute approximate surface area is 426 Å². The van der Waals surface area contributed by atoms with Crippen molar-refractivity contribution in [3.63, 3.8) is 0 Å². The first-order valence-electron chi connectivity index (χ1n) is 23.1. The van der Waals surface area contributed by atoms with E-state index in [1.165, 1.54) is 29.5 Å². The molecule has 0 amide bonds. The summed E-state index contributed by atoms with van der Waals surface area (Å²) in [6.07, 6.45) is 4.57. The summed E-state index contributed by atoms with van der Waals surface area (Å²) in [5.74, 6) is 2.60. The van der Waals surface area contributed by atoms with Gasteiger partial charge in [0.15, 0.2) is 0 Å². The van der Waals surface area contributed by atoms with Gasteiger partial charge >= 0.3 is 17.2 Å². The van der Waals surface area contributed by atoms with E-state index < -0.39 is 17.2 Å². The van der Waals surface area contributed by atoms with Crippen molar-refractivity contribution >= 4 is 23.3 Å². The number of hydrogen-bond donors (Lipinski definition) is 2. The fourth-order valence-electron chi connectivity index (χ4n) is 6.09. The monoisotopic (exact) mass is 1010 g/mol. The maximum Gasteiger partial charge on any atom is 0.460 e. The van der Waals surface area contributed by atoms with Gasteiger partial charge in [-0.15, -0.1) is 0 Å². The predicted octanol–water partition coefficient (Wildman–Crippen LogP) is 18.1. The normalized spacial score (nSPS) is 12.6. The largest absolute Gasteiger partial charge is 0.460 e. The van der Waals surface area contributed by atoms with E-state index in [0.29, 0.717) is 23.0 Å². The smallest absolute Gasteiger partial charge is 0.418 e. The van der Waals surface area contributed by atoms with Gasteiger partial charge in [-0.1, -0.05) is 204 Å². The van der Waals surface area contributed by atoms with Gasteiger partial charge in [-0.2, -0.15) is 0 Å². The van der Waals surface area contributed by atoms with Gasteiger partial charge in [0.25, 0.3) is 0 Å². The Morgan fingerprint density at radius 1 is 0.462 bits per heavy atom. The molecular formula is C56H88O6P2Y. The van der Waals surface area contributed by atoms with Gasteiger partial charge in [0.1, 0.15) is 23.0 Å². The van der Waals surface area contributed by atoms with Crippen LogP contribution in [0.2, 0.25) is 0 Å². The standard InChI is InChI=1S/C25H37O3P.C25H35O3P.2C3H8.Y/c1-17-15-18(23(2,3)4)11-13-21(17)27-29(26)28-22-14-12-19(24(5,6)7)16-20(22)25(8,9)10;1-17(2)14-19-16-20(24(4,5)6)11-13-22(19)27-29(26)28-23-12-10-18(3)15-21(23)25(7,8)9;2*1-3-2;/h11-16,26H,1-10H3;10-16,26H,1-9H3;2*3H2,1-2H3;. The molecule has 0 spiro atoms. The quantitative estimate of drug-likeness (QED) is 0.163. The molecule has 2 N–H and O–H groups in total. The van der Waals surface area contributed by atoms with Crippen molar-refractivity contribution in [3.05, 3.63) is 123 Å². The summed E-state index contributed by atoms with van der Waals surface area (Å²) >= 11 is 0. The third kappa shape index (κ3) is 22.1. The van der Waals surface area contributed by atoms with Gasteiger partial charge in [0.05, 0.1) is 0 Å². The molecule has 0 bridgehead atoms. The molecular weight excluding hydrogens is 919 g/mol. The molecule has 0 aliphatic carbocycles. The Kier molecular flexibility index (Phi) is 26.1. The fourth-order valence-corrected chi connectivity index (χ4v) is 7.52. The first-order valence-corrected chi connectivity index (χ1v) is 25.3. The van der Waals surface area contributed by atoms with Gasteiger partial charge < -0.3 is 27.9 Å². The summed E-state index contributed by atoms with van der Waals surface area (Å²) < 4.78 is 23.4. The van der Waals surface area contributed by atoms with Crippen LogP contribution in [0.4, 0.5) is 0 Å². The van der Waals surface area contributed by atoms with Crippen LogP contribution in [0.1, 0.15) is 203 Å². The van der Waals surface area contributed by atoms with E-state index in [-0.39, 0.29) is 59.8 Å². The second-order valence-electron chi connectivity index (χ2n) is 22.2. The van der Waals surface area contributed by atoms with Crippen LogP contribution in [-0.4, -0.2) is 9.79 Å². The van der Waals surface area contributed by atoms with E-state index >= 15 is 0 Å². The zero-order valence-electron chi connectivity index (χ0n) is 44.9. The van der Waals surface area contributed by atoms with Crippen molar-refractivity contribution in [1.82, 2.24) is 0 Å². The van der Waals surface area contributed by atoms with Crippen molar-refractivity contribution in [1.29, 1.82) is 0 Å². The Hall–Kier alpha value is -2.30. The number of allylic oxidation sites excluding steroid dienone is 1. The maximum atomic E-state index is 10.6. The van der Waals surface area contributed by atoms with E-state index in [9.17, 15) is 9.79 Å². The Bertz CT molecular complexity index is 2070.